The van der Waals surface area contributed by atoms with E-state index in [0.717, 1.165) is 29.8 Å². The number of aryl methyl sites for hydroxylation is 1. The molecular weight excluding hydrogens is 204 g/mol. The van der Waals surface area contributed by atoms with Crippen LogP contribution < -0.4 is 5.73 Å². The number of aromatic nitrogens is 3. The first kappa shape index (κ1) is 11.0. The second kappa shape index (κ2) is 4.59. The molecule has 2 rings (SSSR count). The number of fused-ring (bicyclic) bond motifs is 1. The summed E-state index contributed by atoms with van der Waals surface area (Å²) in [5, 5.41) is 9.11. The summed E-state index contributed by atoms with van der Waals surface area (Å²) in [6.07, 6.45) is 4.46. The van der Waals surface area contributed by atoms with Crippen molar-refractivity contribution in [2.75, 3.05) is 6.61 Å². The molecule has 0 bridgehead atoms. The van der Waals surface area contributed by atoms with Crippen molar-refractivity contribution in [2.24, 2.45) is 5.73 Å². The monoisotopic (exact) mass is 220 g/mol. The van der Waals surface area contributed by atoms with Crippen molar-refractivity contribution < 1.29 is 5.11 Å². The van der Waals surface area contributed by atoms with E-state index < -0.39 is 6.04 Å². The minimum Gasteiger partial charge on any atom is -0.394 e. The number of imidazole rings is 1. The Labute approximate surface area is 93.9 Å². The van der Waals surface area contributed by atoms with Crippen LogP contribution in [0.2, 0.25) is 0 Å². The van der Waals surface area contributed by atoms with E-state index in [1.54, 1.807) is 12.4 Å². The molecule has 0 aliphatic heterocycles. The quantitative estimate of drug-likeness (QED) is 0.800. The van der Waals surface area contributed by atoms with Gasteiger partial charge in [-0.3, -0.25) is 4.98 Å². The zero-order chi connectivity index (χ0) is 11.5. The van der Waals surface area contributed by atoms with Gasteiger partial charge >= 0.3 is 0 Å². The van der Waals surface area contributed by atoms with Gasteiger partial charge in [-0.2, -0.15) is 0 Å². The Bertz CT molecular complexity index is 480. The Morgan fingerprint density at radius 2 is 2.38 bits per heavy atom. The van der Waals surface area contributed by atoms with Gasteiger partial charge in [-0.15, -0.1) is 0 Å². The summed E-state index contributed by atoms with van der Waals surface area (Å²) in [5.41, 5.74) is 7.69. The summed E-state index contributed by atoms with van der Waals surface area (Å²) in [6, 6.07) is 1.49. The highest BCUT2D eigenvalue weighted by Crippen LogP contribution is 2.19. The maximum atomic E-state index is 9.11. The molecule has 0 radical (unpaired) electrons. The van der Waals surface area contributed by atoms with Gasteiger partial charge in [-0.25, -0.2) is 4.98 Å². The molecule has 3 N–H and O–H groups in total. The summed E-state index contributed by atoms with van der Waals surface area (Å²) in [4.78, 5) is 8.45. The van der Waals surface area contributed by atoms with Crippen molar-refractivity contribution >= 4 is 11.0 Å². The van der Waals surface area contributed by atoms with Gasteiger partial charge in [0.15, 0.2) is 0 Å². The van der Waals surface area contributed by atoms with Crippen LogP contribution in [0.4, 0.5) is 0 Å². The van der Waals surface area contributed by atoms with E-state index in [2.05, 4.69) is 21.5 Å². The number of aliphatic hydroxyl groups is 1. The van der Waals surface area contributed by atoms with E-state index in [1.807, 2.05) is 6.07 Å². The largest absolute Gasteiger partial charge is 0.394 e. The number of aliphatic hydroxyl groups excluding tert-OH is 1. The third kappa shape index (κ3) is 1.79. The normalized spacial score (nSPS) is 13.2. The van der Waals surface area contributed by atoms with Crippen molar-refractivity contribution in [2.45, 2.75) is 25.9 Å². The summed E-state index contributed by atoms with van der Waals surface area (Å²) in [6.45, 7) is 2.85. The van der Waals surface area contributed by atoms with Crippen molar-refractivity contribution in [3.8, 4) is 0 Å². The number of hydrogen-bond acceptors (Lipinski definition) is 4. The molecule has 1 atom stereocenters. The summed E-state index contributed by atoms with van der Waals surface area (Å²) in [7, 11) is 0. The third-order valence-corrected chi connectivity index (χ3v) is 2.56. The molecule has 0 amide bonds. The first-order valence-corrected chi connectivity index (χ1v) is 5.44. The molecular formula is C11H16N4O. The van der Waals surface area contributed by atoms with Crippen molar-refractivity contribution in [3.05, 3.63) is 24.3 Å². The van der Waals surface area contributed by atoms with Crippen LogP contribution in [0, 0.1) is 0 Å². The smallest absolute Gasteiger partial charge is 0.129 e. The zero-order valence-corrected chi connectivity index (χ0v) is 9.30. The maximum Gasteiger partial charge on any atom is 0.129 e. The first-order valence-electron chi connectivity index (χ1n) is 5.44. The van der Waals surface area contributed by atoms with Crippen LogP contribution in [-0.4, -0.2) is 26.2 Å². The number of pyridine rings is 1. The van der Waals surface area contributed by atoms with Crippen LogP contribution in [0.1, 0.15) is 25.2 Å². The van der Waals surface area contributed by atoms with Gasteiger partial charge in [-0.1, -0.05) is 6.92 Å². The molecule has 0 aliphatic rings. The van der Waals surface area contributed by atoms with Crippen LogP contribution >= 0.6 is 0 Å². The molecule has 5 heteroatoms. The van der Waals surface area contributed by atoms with E-state index in [9.17, 15) is 0 Å². The molecule has 1 unspecified atom stereocenters. The molecule has 0 saturated heterocycles. The van der Waals surface area contributed by atoms with Crippen molar-refractivity contribution in [1.29, 1.82) is 0 Å². The van der Waals surface area contributed by atoms with E-state index >= 15 is 0 Å². The molecule has 0 spiro atoms. The van der Waals surface area contributed by atoms with Crippen molar-refractivity contribution in [1.82, 2.24) is 14.5 Å². The summed E-state index contributed by atoms with van der Waals surface area (Å²) < 4.78 is 2.05. The van der Waals surface area contributed by atoms with E-state index in [4.69, 9.17) is 10.8 Å². The molecule has 2 aromatic rings. The van der Waals surface area contributed by atoms with Gasteiger partial charge in [0, 0.05) is 12.7 Å². The Hall–Kier alpha value is -1.46. The van der Waals surface area contributed by atoms with E-state index in [-0.39, 0.29) is 6.61 Å². The second-order valence-corrected chi connectivity index (χ2v) is 3.78. The van der Waals surface area contributed by atoms with Gasteiger partial charge in [0.2, 0.25) is 0 Å². The number of nitrogens with two attached hydrogens (primary N) is 1. The van der Waals surface area contributed by atoms with Crippen LogP contribution in [-0.2, 0) is 6.54 Å². The first-order chi connectivity index (χ1) is 7.77. The predicted octanol–water partition coefficient (Wildman–Crippen LogP) is 0.833. The second-order valence-electron chi connectivity index (χ2n) is 3.78. The van der Waals surface area contributed by atoms with Gasteiger partial charge in [-0.05, 0) is 12.5 Å². The Morgan fingerprint density at radius 3 is 3.06 bits per heavy atom. The van der Waals surface area contributed by atoms with Gasteiger partial charge in [0.25, 0.3) is 0 Å². The number of rotatable bonds is 4. The van der Waals surface area contributed by atoms with Gasteiger partial charge in [0.1, 0.15) is 11.3 Å². The fourth-order valence-electron chi connectivity index (χ4n) is 1.82. The minimum absolute atomic E-state index is 0.0968. The highest BCUT2D eigenvalue weighted by atomic mass is 16.3. The van der Waals surface area contributed by atoms with Crippen molar-refractivity contribution in [3.63, 3.8) is 0 Å². The lowest BCUT2D eigenvalue weighted by Gasteiger charge is -2.11. The molecule has 16 heavy (non-hydrogen) atoms. The van der Waals surface area contributed by atoms with E-state index in [0.29, 0.717) is 0 Å². The lowest BCUT2D eigenvalue weighted by molar-refractivity contribution is 0.261. The van der Waals surface area contributed by atoms with E-state index in [1.165, 1.54) is 0 Å². The SMILES string of the molecule is CCCn1c(C(N)CO)nc2cnccc21. The lowest BCUT2D eigenvalue weighted by Crippen LogP contribution is -2.20. The molecule has 0 fully saturated rings. The molecule has 0 aromatic carbocycles. The van der Waals surface area contributed by atoms with Crippen LogP contribution in [0.3, 0.4) is 0 Å². The van der Waals surface area contributed by atoms with Gasteiger partial charge < -0.3 is 15.4 Å². The highest BCUT2D eigenvalue weighted by molar-refractivity contribution is 5.74. The van der Waals surface area contributed by atoms with Gasteiger partial charge in [0.05, 0.1) is 24.4 Å². The average Bonchev–Trinajstić information content (AvgIpc) is 2.68. The van der Waals surface area contributed by atoms with Crippen LogP contribution in [0.25, 0.3) is 11.0 Å². The summed E-state index contributed by atoms with van der Waals surface area (Å²) in [5.74, 6) is 0.729. The molecule has 5 nitrogen and oxygen atoms in total. The Morgan fingerprint density at radius 1 is 1.56 bits per heavy atom. The Balaban J connectivity index is 2.58. The number of nitrogens with zero attached hydrogens (tertiary/aromatic N) is 3. The lowest BCUT2D eigenvalue weighted by atomic mass is 10.3. The molecule has 2 heterocycles. The maximum absolute atomic E-state index is 9.11. The highest BCUT2D eigenvalue weighted by Gasteiger charge is 2.15. The fraction of sp³-hybridized carbons (Fsp3) is 0.455. The molecule has 0 aliphatic carbocycles. The topological polar surface area (TPSA) is 77.0 Å². The standard InChI is InChI=1S/C11H16N4O/c1-2-5-15-10-3-4-13-6-9(10)14-11(15)8(12)7-16/h3-4,6,8,16H,2,5,7,12H2,1H3. The summed E-state index contributed by atoms with van der Waals surface area (Å²) >= 11 is 0. The Kier molecular flexibility index (Phi) is 3.17. The fourth-order valence-corrected chi connectivity index (χ4v) is 1.82. The minimum atomic E-state index is -0.432. The van der Waals surface area contributed by atoms with Crippen LogP contribution in [0.15, 0.2) is 18.5 Å². The third-order valence-electron chi connectivity index (χ3n) is 2.56. The molecule has 2 aromatic heterocycles. The van der Waals surface area contributed by atoms with Crippen LogP contribution in [0.5, 0.6) is 0 Å². The zero-order valence-electron chi connectivity index (χ0n) is 9.30. The average molecular weight is 220 g/mol. The molecule has 86 valence electrons. The predicted molar refractivity (Wildman–Crippen MR) is 61.8 cm³/mol. The number of hydrogen-bond donors (Lipinski definition) is 2. The molecule has 0 saturated carbocycles.